The van der Waals surface area contributed by atoms with Gasteiger partial charge in [0.15, 0.2) is 5.43 Å². The molecule has 7 heteroatoms. The van der Waals surface area contributed by atoms with Crippen molar-refractivity contribution in [3.63, 3.8) is 0 Å². The molecule has 1 aromatic heterocycles. The van der Waals surface area contributed by atoms with Crippen molar-refractivity contribution < 1.29 is 24.2 Å². The molecule has 0 radical (unpaired) electrons. The lowest BCUT2D eigenvalue weighted by atomic mass is 9.85. The van der Waals surface area contributed by atoms with E-state index in [1.165, 1.54) is 12.1 Å². The monoisotopic (exact) mass is 423 g/mol. The maximum atomic E-state index is 12.9. The average molecular weight is 423 g/mol. The minimum absolute atomic E-state index is 0.0161. The molecule has 2 unspecified atom stereocenters. The number of fused-ring (bicyclic) bond motifs is 1. The highest BCUT2D eigenvalue weighted by atomic mass is 16.5. The third kappa shape index (κ3) is 3.94. The van der Waals surface area contributed by atoms with Gasteiger partial charge >= 0.3 is 5.97 Å². The molecule has 2 aromatic carbocycles. The Hall–Kier alpha value is -3.16. The van der Waals surface area contributed by atoms with Crippen molar-refractivity contribution in [2.24, 2.45) is 0 Å². The topological polar surface area (TPSA) is 100 Å². The van der Waals surface area contributed by atoms with E-state index >= 15 is 0 Å². The molecule has 31 heavy (non-hydrogen) atoms. The van der Waals surface area contributed by atoms with Gasteiger partial charge in [0.1, 0.15) is 28.2 Å². The van der Waals surface area contributed by atoms with Gasteiger partial charge in [-0.15, -0.1) is 0 Å². The van der Waals surface area contributed by atoms with Crippen LogP contribution in [0.2, 0.25) is 0 Å². The van der Waals surface area contributed by atoms with E-state index in [1.54, 1.807) is 32.0 Å². The van der Waals surface area contributed by atoms with Crippen LogP contribution in [-0.2, 0) is 0 Å². The number of likely N-dealkylation sites (N-methyl/N-ethyl adjacent to an activating group) is 1. The van der Waals surface area contributed by atoms with Gasteiger partial charge in [-0.1, -0.05) is 18.2 Å². The fourth-order valence-corrected chi connectivity index (χ4v) is 4.25. The van der Waals surface area contributed by atoms with E-state index in [0.29, 0.717) is 36.4 Å². The predicted octanol–water partition coefficient (Wildman–Crippen LogP) is 3.11. The van der Waals surface area contributed by atoms with Crippen LogP contribution in [-0.4, -0.2) is 47.3 Å². The Morgan fingerprint density at radius 2 is 1.97 bits per heavy atom. The van der Waals surface area contributed by atoms with Crippen LogP contribution in [0.3, 0.4) is 0 Å². The maximum Gasteiger partial charge on any atom is 0.343 e. The van der Waals surface area contributed by atoms with Gasteiger partial charge in [-0.25, -0.2) is 4.79 Å². The number of hydrogen-bond acceptors (Lipinski definition) is 7. The Morgan fingerprint density at radius 1 is 1.23 bits per heavy atom. The molecule has 1 fully saturated rings. The normalized spacial score (nSPS) is 19.5. The number of β-amino-alcohol motifs (C(OH)–C–C–N with tert-alkyl or cyclic N) is 1. The van der Waals surface area contributed by atoms with Gasteiger partial charge in [-0.05, 0) is 45.5 Å². The standard InChI is InChI=1S/C24H25NO6/c1-13-6-4-5-7-15(13)24(29)31-20-11-18(27)22-17(26)10-14(2)30-23(22)21(20)16-8-9-25(3)12-19(16)28/h4-7,10-11,16,19,27-28H,8-9,12H2,1-3H3. The van der Waals surface area contributed by atoms with Crippen LogP contribution in [0.15, 0.2) is 45.6 Å². The molecule has 0 amide bonds. The summed E-state index contributed by atoms with van der Waals surface area (Å²) in [5.74, 6) is -0.898. The number of nitrogens with zero attached hydrogens (tertiary/aromatic N) is 1. The first kappa shape index (κ1) is 21.1. The summed E-state index contributed by atoms with van der Waals surface area (Å²) in [4.78, 5) is 27.5. The average Bonchev–Trinajstić information content (AvgIpc) is 2.69. The van der Waals surface area contributed by atoms with E-state index in [4.69, 9.17) is 9.15 Å². The van der Waals surface area contributed by atoms with Crippen LogP contribution in [0.4, 0.5) is 0 Å². The second-order valence-corrected chi connectivity index (χ2v) is 8.16. The minimum Gasteiger partial charge on any atom is -0.507 e. The zero-order valence-electron chi connectivity index (χ0n) is 17.7. The highest BCUT2D eigenvalue weighted by molar-refractivity contribution is 5.95. The van der Waals surface area contributed by atoms with Gasteiger partial charge in [0.05, 0.1) is 11.7 Å². The van der Waals surface area contributed by atoms with Crippen LogP contribution in [0, 0.1) is 13.8 Å². The summed E-state index contributed by atoms with van der Waals surface area (Å²) < 4.78 is 11.6. The first-order valence-corrected chi connectivity index (χ1v) is 10.2. The number of hydrogen-bond donors (Lipinski definition) is 2. The van der Waals surface area contributed by atoms with E-state index in [1.807, 2.05) is 18.0 Å². The molecule has 0 aliphatic carbocycles. The molecule has 4 rings (SSSR count). The maximum absolute atomic E-state index is 12.9. The van der Waals surface area contributed by atoms with E-state index < -0.39 is 23.4 Å². The number of aliphatic hydroxyl groups excluding tert-OH is 1. The number of aromatic hydroxyl groups is 1. The zero-order chi connectivity index (χ0) is 22.3. The molecule has 1 saturated heterocycles. The number of benzene rings is 2. The van der Waals surface area contributed by atoms with Crippen molar-refractivity contribution in [3.05, 3.63) is 69.1 Å². The minimum atomic E-state index is -0.756. The van der Waals surface area contributed by atoms with E-state index in [9.17, 15) is 19.8 Å². The van der Waals surface area contributed by atoms with E-state index in [2.05, 4.69) is 0 Å². The van der Waals surface area contributed by atoms with Crippen LogP contribution in [0.25, 0.3) is 11.0 Å². The Labute approximate surface area is 179 Å². The van der Waals surface area contributed by atoms with Crippen LogP contribution < -0.4 is 10.2 Å². The number of ether oxygens (including phenoxy) is 1. The molecule has 1 aliphatic rings. The number of aryl methyl sites for hydroxylation is 2. The van der Waals surface area contributed by atoms with Crippen molar-refractivity contribution in [2.45, 2.75) is 32.3 Å². The smallest absolute Gasteiger partial charge is 0.343 e. The summed E-state index contributed by atoms with van der Waals surface area (Å²) in [5.41, 5.74) is 1.32. The Bertz CT molecular complexity index is 1210. The van der Waals surface area contributed by atoms with Crippen molar-refractivity contribution in [3.8, 4) is 11.5 Å². The first-order valence-electron chi connectivity index (χ1n) is 10.2. The molecular formula is C24H25NO6. The van der Waals surface area contributed by atoms with Crippen LogP contribution in [0.5, 0.6) is 11.5 Å². The van der Waals surface area contributed by atoms with Crippen LogP contribution in [0.1, 0.15) is 39.6 Å². The third-order valence-electron chi connectivity index (χ3n) is 5.83. The summed E-state index contributed by atoms with van der Waals surface area (Å²) in [6.45, 7) is 4.58. The van der Waals surface area contributed by atoms with Crippen molar-refractivity contribution in [1.82, 2.24) is 4.90 Å². The van der Waals surface area contributed by atoms with Gasteiger partial charge in [-0.3, -0.25) is 4.79 Å². The molecule has 2 heterocycles. The van der Waals surface area contributed by atoms with Crippen molar-refractivity contribution in [1.29, 1.82) is 0 Å². The number of aliphatic hydroxyl groups is 1. The van der Waals surface area contributed by atoms with Gasteiger partial charge in [0.2, 0.25) is 0 Å². The Kier molecular flexibility index (Phi) is 5.56. The highest BCUT2D eigenvalue weighted by Gasteiger charge is 2.34. The number of phenolic OH excluding ortho intramolecular Hbond substituents is 1. The Morgan fingerprint density at radius 3 is 2.68 bits per heavy atom. The number of esters is 1. The molecule has 2 atom stereocenters. The summed E-state index contributed by atoms with van der Waals surface area (Å²) in [6.07, 6.45) is -0.183. The number of phenols is 1. The SMILES string of the molecule is Cc1cc(=O)c2c(O)cc(OC(=O)c3ccccc3C)c(C3CCN(C)CC3O)c2o1. The largest absolute Gasteiger partial charge is 0.507 e. The second kappa shape index (κ2) is 8.17. The third-order valence-corrected chi connectivity index (χ3v) is 5.83. The summed E-state index contributed by atoms with van der Waals surface area (Å²) >= 11 is 0. The van der Waals surface area contributed by atoms with Crippen molar-refractivity contribution >= 4 is 16.9 Å². The zero-order valence-corrected chi connectivity index (χ0v) is 17.7. The fraction of sp³-hybridized carbons (Fsp3) is 0.333. The molecule has 1 aliphatic heterocycles. The summed E-state index contributed by atoms with van der Waals surface area (Å²) in [7, 11) is 1.91. The van der Waals surface area contributed by atoms with Gasteiger partial charge in [-0.2, -0.15) is 0 Å². The summed E-state index contributed by atoms with van der Waals surface area (Å²) in [6, 6.07) is 9.60. The number of carbonyl (C=O) groups excluding carboxylic acids is 1. The lowest BCUT2D eigenvalue weighted by molar-refractivity contribution is 0.0606. The number of likely N-dealkylation sites (tertiary alicyclic amines) is 1. The summed E-state index contributed by atoms with van der Waals surface area (Å²) in [5, 5.41) is 21.4. The molecular weight excluding hydrogens is 398 g/mol. The molecule has 0 bridgehead atoms. The second-order valence-electron chi connectivity index (χ2n) is 8.16. The van der Waals surface area contributed by atoms with Gasteiger partial charge < -0.3 is 24.3 Å². The molecule has 7 nitrogen and oxygen atoms in total. The van der Waals surface area contributed by atoms with Gasteiger partial charge in [0.25, 0.3) is 0 Å². The highest BCUT2D eigenvalue weighted by Crippen LogP contribution is 2.42. The van der Waals surface area contributed by atoms with Crippen LogP contribution >= 0.6 is 0 Å². The van der Waals surface area contributed by atoms with E-state index in [0.717, 1.165) is 5.56 Å². The molecule has 3 aromatic rings. The van der Waals surface area contributed by atoms with Gasteiger partial charge in [0, 0.05) is 30.2 Å². The molecule has 0 saturated carbocycles. The predicted molar refractivity (Wildman–Crippen MR) is 116 cm³/mol. The quantitative estimate of drug-likeness (QED) is 0.493. The first-order chi connectivity index (χ1) is 14.8. The fourth-order valence-electron chi connectivity index (χ4n) is 4.25. The Balaban J connectivity index is 1.91. The van der Waals surface area contributed by atoms with Crippen molar-refractivity contribution in [2.75, 3.05) is 20.1 Å². The van der Waals surface area contributed by atoms with E-state index in [-0.39, 0.29) is 22.5 Å². The lowest BCUT2D eigenvalue weighted by Gasteiger charge is -2.34. The lowest BCUT2D eigenvalue weighted by Crippen LogP contribution is -2.40. The molecule has 162 valence electrons. The molecule has 2 N–H and O–H groups in total. The number of piperidine rings is 1. The number of rotatable bonds is 3. The number of carbonyl (C=O) groups is 1. The molecule has 0 spiro atoms.